The van der Waals surface area contributed by atoms with Crippen molar-refractivity contribution in [3.8, 4) is 0 Å². The standard InChI is InChI=1S/C9H14N2/c1-4-8(9(10)11)6-5-7(2)3/h4-6H,2H2,1,3H3,(H3,10,11)/b6-5-,8-4+. The maximum Gasteiger partial charge on any atom is 0.122 e. The minimum atomic E-state index is 0.0880. The Balaban J connectivity index is 4.34. The lowest BCUT2D eigenvalue weighted by molar-refractivity contribution is 1.42. The number of hydrogen-bond acceptors (Lipinski definition) is 1. The molecular weight excluding hydrogens is 136 g/mol. The van der Waals surface area contributed by atoms with Crippen LogP contribution < -0.4 is 5.73 Å². The zero-order valence-corrected chi connectivity index (χ0v) is 7.02. The first kappa shape index (κ1) is 9.69. The van der Waals surface area contributed by atoms with E-state index in [-0.39, 0.29) is 5.84 Å². The highest BCUT2D eigenvalue weighted by Gasteiger charge is 1.91. The van der Waals surface area contributed by atoms with Gasteiger partial charge >= 0.3 is 0 Å². The van der Waals surface area contributed by atoms with Gasteiger partial charge in [-0.1, -0.05) is 30.4 Å². The molecule has 11 heavy (non-hydrogen) atoms. The Kier molecular flexibility index (Phi) is 3.96. The van der Waals surface area contributed by atoms with Gasteiger partial charge in [-0.15, -0.1) is 0 Å². The summed E-state index contributed by atoms with van der Waals surface area (Å²) in [6.45, 7) is 7.43. The first-order chi connectivity index (χ1) is 5.07. The largest absolute Gasteiger partial charge is 0.384 e. The van der Waals surface area contributed by atoms with Gasteiger partial charge in [0.15, 0.2) is 0 Å². The second-order valence-corrected chi connectivity index (χ2v) is 2.34. The number of nitrogens with two attached hydrogens (primary N) is 1. The van der Waals surface area contributed by atoms with Gasteiger partial charge in [-0.3, -0.25) is 5.41 Å². The van der Waals surface area contributed by atoms with Crippen molar-refractivity contribution in [3.05, 3.63) is 36.0 Å². The lowest BCUT2D eigenvalue weighted by atomic mass is 10.2. The fourth-order valence-electron chi connectivity index (χ4n) is 0.574. The molecule has 0 aromatic rings. The highest BCUT2D eigenvalue weighted by Crippen LogP contribution is 1.98. The van der Waals surface area contributed by atoms with E-state index in [4.69, 9.17) is 11.1 Å². The van der Waals surface area contributed by atoms with Crippen LogP contribution in [0.5, 0.6) is 0 Å². The first-order valence-electron chi connectivity index (χ1n) is 3.42. The van der Waals surface area contributed by atoms with Crippen LogP contribution in [0, 0.1) is 5.41 Å². The SMILES string of the molecule is C=C(C)/C=C\C(=C/C)C(=N)N. The molecule has 2 nitrogen and oxygen atoms in total. The smallest absolute Gasteiger partial charge is 0.122 e. The zero-order valence-electron chi connectivity index (χ0n) is 7.02. The second kappa shape index (κ2) is 4.50. The summed E-state index contributed by atoms with van der Waals surface area (Å²) in [7, 11) is 0. The molecule has 60 valence electrons. The highest BCUT2D eigenvalue weighted by molar-refractivity contribution is 5.97. The lowest BCUT2D eigenvalue weighted by Crippen LogP contribution is -2.10. The van der Waals surface area contributed by atoms with Gasteiger partial charge in [0.1, 0.15) is 5.84 Å². The van der Waals surface area contributed by atoms with E-state index in [9.17, 15) is 0 Å². The Bertz CT molecular complexity index is 222. The predicted octanol–water partition coefficient (Wildman–Crippen LogP) is 2.00. The molecule has 0 saturated heterocycles. The molecule has 0 aliphatic heterocycles. The highest BCUT2D eigenvalue weighted by atomic mass is 14.7. The van der Waals surface area contributed by atoms with Crippen LogP contribution in [0.3, 0.4) is 0 Å². The summed E-state index contributed by atoms with van der Waals surface area (Å²) in [5, 5.41) is 7.12. The van der Waals surface area contributed by atoms with E-state index in [1.807, 2.05) is 19.9 Å². The lowest BCUT2D eigenvalue weighted by Gasteiger charge is -1.95. The van der Waals surface area contributed by atoms with Crippen LogP contribution in [0.4, 0.5) is 0 Å². The van der Waals surface area contributed by atoms with Gasteiger partial charge in [0.25, 0.3) is 0 Å². The molecule has 0 radical (unpaired) electrons. The molecule has 0 saturated carbocycles. The van der Waals surface area contributed by atoms with Crippen LogP contribution in [-0.4, -0.2) is 5.84 Å². The summed E-state index contributed by atoms with van der Waals surface area (Å²) in [6, 6.07) is 0. The molecule has 3 N–H and O–H groups in total. The number of rotatable bonds is 3. The molecule has 0 atom stereocenters. The van der Waals surface area contributed by atoms with Gasteiger partial charge in [-0.05, 0) is 13.8 Å². The van der Waals surface area contributed by atoms with Crippen molar-refractivity contribution < 1.29 is 0 Å². The predicted molar refractivity (Wildman–Crippen MR) is 49.6 cm³/mol. The molecule has 0 aromatic heterocycles. The van der Waals surface area contributed by atoms with E-state index < -0.39 is 0 Å². The summed E-state index contributed by atoms with van der Waals surface area (Å²) in [6.07, 6.45) is 5.41. The van der Waals surface area contributed by atoms with Crippen LogP contribution >= 0.6 is 0 Å². The van der Waals surface area contributed by atoms with Gasteiger partial charge in [-0.25, -0.2) is 0 Å². The van der Waals surface area contributed by atoms with Crippen molar-refractivity contribution >= 4 is 5.84 Å². The van der Waals surface area contributed by atoms with Crippen LogP contribution in [0.1, 0.15) is 13.8 Å². The van der Waals surface area contributed by atoms with Crippen LogP contribution in [0.2, 0.25) is 0 Å². The van der Waals surface area contributed by atoms with Gasteiger partial charge in [0.05, 0.1) is 0 Å². The molecule has 0 unspecified atom stereocenters. The van der Waals surface area contributed by atoms with E-state index in [0.29, 0.717) is 0 Å². The van der Waals surface area contributed by atoms with E-state index in [1.165, 1.54) is 0 Å². The minimum Gasteiger partial charge on any atom is -0.384 e. The third kappa shape index (κ3) is 4.14. The molecule has 0 bridgehead atoms. The van der Waals surface area contributed by atoms with Gasteiger partial charge in [-0.2, -0.15) is 0 Å². The Hall–Kier alpha value is -1.31. The van der Waals surface area contributed by atoms with Crippen molar-refractivity contribution in [2.45, 2.75) is 13.8 Å². The van der Waals surface area contributed by atoms with E-state index in [1.54, 1.807) is 12.2 Å². The fraction of sp³-hybridized carbons (Fsp3) is 0.222. The summed E-state index contributed by atoms with van der Waals surface area (Å²) < 4.78 is 0. The molecule has 0 aliphatic carbocycles. The molecule has 0 fully saturated rings. The van der Waals surface area contributed by atoms with E-state index in [0.717, 1.165) is 11.1 Å². The number of nitrogens with one attached hydrogen (secondary N) is 1. The van der Waals surface area contributed by atoms with Crippen molar-refractivity contribution in [2.75, 3.05) is 0 Å². The normalized spacial score (nSPS) is 12.0. The minimum absolute atomic E-state index is 0.0880. The Morgan fingerprint density at radius 3 is 2.27 bits per heavy atom. The zero-order chi connectivity index (χ0) is 8.85. The maximum atomic E-state index is 7.12. The molecule has 0 aromatic carbocycles. The average molecular weight is 150 g/mol. The number of hydrogen-bond donors (Lipinski definition) is 2. The van der Waals surface area contributed by atoms with Gasteiger partial charge in [0, 0.05) is 5.57 Å². The third-order valence-electron chi connectivity index (χ3n) is 1.17. The van der Waals surface area contributed by atoms with Crippen LogP contribution in [0.15, 0.2) is 36.0 Å². The quantitative estimate of drug-likeness (QED) is 0.361. The second-order valence-electron chi connectivity index (χ2n) is 2.34. The summed E-state index contributed by atoms with van der Waals surface area (Å²) in [5.74, 6) is 0.0880. The van der Waals surface area contributed by atoms with Crippen molar-refractivity contribution in [2.24, 2.45) is 5.73 Å². The average Bonchev–Trinajstić information content (AvgIpc) is 1.87. The topological polar surface area (TPSA) is 49.9 Å². The van der Waals surface area contributed by atoms with Gasteiger partial charge < -0.3 is 5.73 Å². The molecule has 0 rings (SSSR count). The Morgan fingerprint density at radius 1 is 1.45 bits per heavy atom. The first-order valence-corrected chi connectivity index (χ1v) is 3.42. The molecule has 0 amide bonds. The third-order valence-corrected chi connectivity index (χ3v) is 1.17. The van der Waals surface area contributed by atoms with Crippen LogP contribution in [-0.2, 0) is 0 Å². The number of amidine groups is 1. The summed E-state index contributed by atoms with van der Waals surface area (Å²) >= 11 is 0. The Morgan fingerprint density at radius 2 is 2.00 bits per heavy atom. The maximum absolute atomic E-state index is 7.12. The van der Waals surface area contributed by atoms with Crippen LogP contribution in [0.25, 0.3) is 0 Å². The summed E-state index contributed by atoms with van der Waals surface area (Å²) in [5.41, 5.74) is 6.95. The summed E-state index contributed by atoms with van der Waals surface area (Å²) in [4.78, 5) is 0. The van der Waals surface area contributed by atoms with E-state index in [2.05, 4.69) is 6.58 Å². The molecular formula is C9H14N2. The van der Waals surface area contributed by atoms with E-state index >= 15 is 0 Å². The molecule has 0 aliphatic rings. The van der Waals surface area contributed by atoms with Crippen molar-refractivity contribution in [3.63, 3.8) is 0 Å². The molecule has 0 spiro atoms. The Labute approximate surface area is 67.6 Å². The van der Waals surface area contributed by atoms with Gasteiger partial charge in [0.2, 0.25) is 0 Å². The van der Waals surface area contributed by atoms with Crippen molar-refractivity contribution in [1.82, 2.24) is 0 Å². The fourth-order valence-corrected chi connectivity index (χ4v) is 0.574. The molecule has 2 heteroatoms. The van der Waals surface area contributed by atoms with Crippen molar-refractivity contribution in [1.29, 1.82) is 5.41 Å². The molecule has 0 heterocycles. The monoisotopic (exact) mass is 150 g/mol. The number of allylic oxidation sites excluding steroid dienone is 3.